The number of halogens is 3. The molecule has 0 aliphatic rings. The summed E-state index contributed by atoms with van der Waals surface area (Å²) in [5.74, 6) is -2.26. The molecule has 0 spiro atoms. The first-order chi connectivity index (χ1) is 7.65. The molecule has 1 N–H and O–H groups in total. The Morgan fingerprint density at radius 1 is 1.38 bits per heavy atom. The Bertz CT molecular complexity index is 371. The number of pyridine rings is 1. The summed E-state index contributed by atoms with van der Waals surface area (Å²) in [4.78, 5) is 3.13. The predicted molar refractivity (Wildman–Crippen MR) is 60.1 cm³/mol. The topological polar surface area (TPSA) is 24.9 Å². The normalized spacial score (nSPS) is 10.2. The van der Waals surface area contributed by atoms with E-state index in [2.05, 4.69) is 16.9 Å². The van der Waals surface area contributed by atoms with Crippen LogP contribution in [0.25, 0.3) is 0 Å². The van der Waals surface area contributed by atoms with Crippen molar-refractivity contribution in [2.24, 2.45) is 0 Å². The molecule has 0 fully saturated rings. The molecule has 0 amide bonds. The molecule has 16 heavy (non-hydrogen) atoms. The highest BCUT2D eigenvalue weighted by molar-refractivity contribution is 7.99. The van der Waals surface area contributed by atoms with Crippen molar-refractivity contribution in [3.63, 3.8) is 0 Å². The fourth-order valence-electron chi connectivity index (χ4n) is 0.976. The third kappa shape index (κ3) is 3.77. The van der Waals surface area contributed by atoms with Gasteiger partial charge in [0.05, 0.1) is 0 Å². The maximum Gasteiger partial charge on any atom is 0.251 e. The molecule has 1 heterocycles. The highest BCUT2D eigenvalue weighted by atomic mass is 32.2. The highest BCUT2D eigenvalue weighted by Crippen LogP contribution is 2.14. The van der Waals surface area contributed by atoms with Crippen LogP contribution < -0.4 is 5.32 Å². The molecule has 0 aliphatic heterocycles. The van der Waals surface area contributed by atoms with Crippen molar-refractivity contribution in [2.45, 2.75) is 0 Å². The maximum absolute atomic E-state index is 13.1. The van der Waals surface area contributed by atoms with Crippen LogP contribution in [0.5, 0.6) is 0 Å². The first-order valence-corrected chi connectivity index (χ1v) is 5.74. The molecule has 0 unspecified atom stereocenters. The van der Waals surface area contributed by atoms with Gasteiger partial charge in [0.15, 0.2) is 17.5 Å². The molecule has 0 radical (unpaired) electrons. The minimum Gasteiger partial charge on any atom is -0.367 e. The summed E-state index contributed by atoms with van der Waals surface area (Å²) in [7, 11) is 0. The van der Waals surface area contributed by atoms with Crippen LogP contribution in [0.2, 0.25) is 0 Å². The highest BCUT2D eigenvalue weighted by Gasteiger charge is 2.10. The Balaban J connectivity index is 2.47. The SMILES string of the molecule is C=CCSCCNc1nc(F)c(F)cc1F. The van der Waals surface area contributed by atoms with E-state index in [0.717, 1.165) is 5.75 Å². The van der Waals surface area contributed by atoms with Gasteiger partial charge in [-0.15, -0.1) is 6.58 Å². The number of hydrogen-bond donors (Lipinski definition) is 1. The molecular weight excluding hydrogens is 237 g/mol. The molecule has 0 aromatic carbocycles. The fraction of sp³-hybridized carbons (Fsp3) is 0.300. The molecule has 1 aromatic heterocycles. The van der Waals surface area contributed by atoms with Crippen molar-refractivity contribution in [1.82, 2.24) is 4.98 Å². The minimum absolute atomic E-state index is 0.266. The number of rotatable bonds is 6. The van der Waals surface area contributed by atoms with Crippen molar-refractivity contribution in [3.8, 4) is 0 Å². The van der Waals surface area contributed by atoms with Crippen LogP contribution in [-0.4, -0.2) is 23.0 Å². The zero-order chi connectivity index (χ0) is 12.0. The van der Waals surface area contributed by atoms with E-state index in [1.807, 2.05) is 0 Å². The van der Waals surface area contributed by atoms with Crippen LogP contribution in [0.3, 0.4) is 0 Å². The first kappa shape index (κ1) is 12.9. The first-order valence-electron chi connectivity index (χ1n) is 4.59. The number of nitrogens with one attached hydrogen (secondary N) is 1. The van der Waals surface area contributed by atoms with E-state index in [9.17, 15) is 13.2 Å². The Morgan fingerprint density at radius 3 is 2.81 bits per heavy atom. The summed E-state index contributed by atoms with van der Waals surface area (Å²) in [5, 5.41) is 2.59. The van der Waals surface area contributed by atoms with E-state index in [4.69, 9.17) is 0 Å². The Hall–Kier alpha value is -1.17. The molecule has 0 atom stereocenters. The van der Waals surface area contributed by atoms with Gasteiger partial charge in [-0.05, 0) is 0 Å². The molecular formula is C10H11F3N2S. The Morgan fingerprint density at radius 2 is 2.12 bits per heavy atom. The summed E-state index contributed by atoms with van der Waals surface area (Å²) in [5.41, 5.74) is 0. The van der Waals surface area contributed by atoms with Gasteiger partial charge in [0.1, 0.15) is 0 Å². The second kappa shape index (κ2) is 6.42. The van der Waals surface area contributed by atoms with E-state index < -0.39 is 17.6 Å². The third-order valence-corrected chi connectivity index (χ3v) is 2.63. The van der Waals surface area contributed by atoms with E-state index in [-0.39, 0.29) is 5.82 Å². The van der Waals surface area contributed by atoms with Gasteiger partial charge < -0.3 is 5.32 Å². The van der Waals surface area contributed by atoms with Crippen LogP contribution in [0, 0.1) is 17.6 Å². The van der Waals surface area contributed by atoms with Gasteiger partial charge in [-0.1, -0.05) is 6.08 Å². The van der Waals surface area contributed by atoms with Crippen LogP contribution in [0.1, 0.15) is 0 Å². The molecule has 1 aromatic rings. The average Bonchev–Trinajstić information content (AvgIpc) is 2.25. The molecule has 2 nitrogen and oxygen atoms in total. The summed E-state index contributed by atoms with van der Waals surface area (Å²) in [6.07, 6.45) is 1.75. The largest absolute Gasteiger partial charge is 0.367 e. The lowest BCUT2D eigenvalue weighted by atomic mass is 10.4. The summed E-state index contributed by atoms with van der Waals surface area (Å²) in [6, 6.07) is 0.474. The molecule has 0 saturated carbocycles. The lowest BCUT2D eigenvalue weighted by molar-refractivity contribution is 0.466. The number of aromatic nitrogens is 1. The monoisotopic (exact) mass is 248 g/mol. The molecule has 0 aliphatic carbocycles. The molecule has 0 saturated heterocycles. The quantitative estimate of drug-likeness (QED) is 0.476. The summed E-state index contributed by atoms with van der Waals surface area (Å²) in [6.45, 7) is 3.97. The van der Waals surface area contributed by atoms with Crippen molar-refractivity contribution < 1.29 is 13.2 Å². The van der Waals surface area contributed by atoms with Crippen molar-refractivity contribution in [2.75, 3.05) is 23.4 Å². The summed E-state index contributed by atoms with van der Waals surface area (Å²) >= 11 is 1.59. The van der Waals surface area contributed by atoms with Crippen molar-refractivity contribution >= 4 is 17.6 Å². The van der Waals surface area contributed by atoms with Gasteiger partial charge in [0.2, 0.25) is 0 Å². The number of thioether (sulfide) groups is 1. The van der Waals surface area contributed by atoms with Crippen molar-refractivity contribution in [3.05, 3.63) is 36.3 Å². The second-order valence-corrected chi connectivity index (χ2v) is 4.03. The standard InChI is InChI=1S/C10H11F3N2S/c1-2-4-16-5-3-14-10-8(12)6-7(11)9(13)15-10/h2,6H,1,3-5H2,(H,14,15). The lowest BCUT2D eigenvalue weighted by Crippen LogP contribution is -2.09. The van der Waals surface area contributed by atoms with E-state index >= 15 is 0 Å². The maximum atomic E-state index is 13.1. The van der Waals surface area contributed by atoms with Gasteiger partial charge in [-0.3, -0.25) is 0 Å². The molecule has 6 heteroatoms. The molecule has 1 rings (SSSR count). The van der Waals surface area contributed by atoms with Gasteiger partial charge >= 0.3 is 0 Å². The Labute approximate surface area is 96.0 Å². The lowest BCUT2D eigenvalue weighted by Gasteiger charge is -2.06. The number of anilines is 1. The average molecular weight is 248 g/mol. The van der Waals surface area contributed by atoms with E-state index in [1.54, 1.807) is 17.8 Å². The van der Waals surface area contributed by atoms with E-state index in [0.29, 0.717) is 18.4 Å². The smallest absolute Gasteiger partial charge is 0.251 e. The van der Waals surface area contributed by atoms with Crippen LogP contribution in [0.4, 0.5) is 19.0 Å². The number of nitrogens with zero attached hydrogens (tertiary/aromatic N) is 1. The van der Waals surface area contributed by atoms with Crippen LogP contribution in [0.15, 0.2) is 18.7 Å². The molecule has 0 bridgehead atoms. The second-order valence-electron chi connectivity index (χ2n) is 2.88. The fourth-order valence-corrected chi connectivity index (χ4v) is 1.56. The Kier molecular flexibility index (Phi) is 5.18. The zero-order valence-electron chi connectivity index (χ0n) is 8.47. The number of hydrogen-bond acceptors (Lipinski definition) is 3. The van der Waals surface area contributed by atoms with Gasteiger partial charge in [0, 0.05) is 24.1 Å². The summed E-state index contributed by atoms with van der Waals surface area (Å²) < 4.78 is 38.3. The van der Waals surface area contributed by atoms with Crippen LogP contribution >= 0.6 is 11.8 Å². The van der Waals surface area contributed by atoms with Gasteiger partial charge in [-0.2, -0.15) is 21.1 Å². The van der Waals surface area contributed by atoms with Crippen molar-refractivity contribution in [1.29, 1.82) is 0 Å². The third-order valence-electron chi connectivity index (χ3n) is 1.66. The van der Waals surface area contributed by atoms with Crippen LogP contribution in [-0.2, 0) is 0 Å². The predicted octanol–water partition coefficient (Wildman–Crippen LogP) is 2.83. The van der Waals surface area contributed by atoms with E-state index in [1.165, 1.54) is 0 Å². The minimum atomic E-state index is -1.30. The van der Waals surface area contributed by atoms with Gasteiger partial charge in [0.25, 0.3) is 5.95 Å². The molecule has 88 valence electrons. The van der Waals surface area contributed by atoms with Gasteiger partial charge in [-0.25, -0.2) is 8.78 Å². The zero-order valence-corrected chi connectivity index (χ0v) is 9.29.